The number of hydrogen-bond acceptors (Lipinski definition) is 7. The maximum atomic E-state index is 12.3. The summed E-state index contributed by atoms with van der Waals surface area (Å²) < 4.78 is 16.8. The zero-order valence-corrected chi connectivity index (χ0v) is 20.2. The van der Waals surface area contributed by atoms with E-state index < -0.39 is 18.0 Å². The summed E-state index contributed by atoms with van der Waals surface area (Å²) in [6, 6.07) is 6.16. The number of ether oxygens (including phenoxy) is 3. The van der Waals surface area contributed by atoms with Crippen molar-refractivity contribution >= 4 is 23.8 Å². The summed E-state index contributed by atoms with van der Waals surface area (Å²) in [5, 5.41) is 20.5. The number of esters is 1. The van der Waals surface area contributed by atoms with Crippen molar-refractivity contribution < 1.29 is 38.8 Å². The van der Waals surface area contributed by atoms with E-state index in [-0.39, 0.29) is 40.3 Å². The fourth-order valence-corrected chi connectivity index (χ4v) is 3.54. The highest BCUT2D eigenvalue weighted by Crippen LogP contribution is 2.43. The van der Waals surface area contributed by atoms with Crippen LogP contribution in [0, 0.1) is 12.8 Å². The lowest BCUT2D eigenvalue weighted by atomic mass is 9.96. The minimum absolute atomic E-state index is 0.00988. The number of benzene rings is 2. The predicted molar refractivity (Wildman–Crippen MR) is 127 cm³/mol. The molecule has 2 aromatic rings. The Labute approximate surface area is 198 Å². The molecule has 0 aliphatic carbocycles. The SMILES string of the molecule is COc1c([C@@H](CC(C)C)OC(C)=O)ccc(Oc2c(O)cc(C)cc2C=CC(C)=O)c1C(=O)O. The predicted octanol–water partition coefficient (Wildman–Crippen LogP) is 5.45. The molecule has 0 fully saturated rings. The molecule has 0 aromatic heterocycles. The van der Waals surface area contributed by atoms with Gasteiger partial charge in [-0.3, -0.25) is 9.59 Å². The molecular formula is C26H30O8. The van der Waals surface area contributed by atoms with E-state index in [2.05, 4.69) is 0 Å². The highest BCUT2D eigenvalue weighted by Gasteiger charge is 2.28. The smallest absolute Gasteiger partial charge is 0.343 e. The monoisotopic (exact) mass is 470 g/mol. The Bertz CT molecular complexity index is 1110. The summed E-state index contributed by atoms with van der Waals surface area (Å²) in [5.41, 5.74) is 1.21. The molecule has 0 aliphatic rings. The van der Waals surface area contributed by atoms with Gasteiger partial charge in [0.2, 0.25) is 0 Å². The zero-order valence-electron chi connectivity index (χ0n) is 20.2. The summed E-state index contributed by atoms with van der Waals surface area (Å²) in [6.45, 7) is 8.34. The molecule has 2 aromatic carbocycles. The molecule has 1 atom stereocenters. The van der Waals surface area contributed by atoms with Gasteiger partial charge in [-0.2, -0.15) is 0 Å². The van der Waals surface area contributed by atoms with Crippen molar-refractivity contribution in [2.45, 2.75) is 47.1 Å². The third kappa shape index (κ3) is 6.60. The van der Waals surface area contributed by atoms with Gasteiger partial charge >= 0.3 is 11.9 Å². The number of phenols is 1. The minimum atomic E-state index is -1.33. The van der Waals surface area contributed by atoms with Crippen molar-refractivity contribution in [3.63, 3.8) is 0 Å². The van der Waals surface area contributed by atoms with Crippen molar-refractivity contribution in [3.8, 4) is 23.0 Å². The first-order chi connectivity index (χ1) is 15.9. The molecule has 2 N–H and O–H groups in total. The van der Waals surface area contributed by atoms with E-state index in [0.29, 0.717) is 17.5 Å². The van der Waals surface area contributed by atoms with Crippen LogP contribution in [0.25, 0.3) is 6.08 Å². The summed E-state index contributed by atoms with van der Waals surface area (Å²) in [5.74, 6) is -2.22. The van der Waals surface area contributed by atoms with Gasteiger partial charge in [0.15, 0.2) is 17.3 Å². The van der Waals surface area contributed by atoms with Crippen LogP contribution in [0.3, 0.4) is 0 Å². The number of carboxylic acid groups (broad SMARTS) is 1. The van der Waals surface area contributed by atoms with Crippen molar-refractivity contribution in [1.82, 2.24) is 0 Å². The van der Waals surface area contributed by atoms with Gasteiger partial charge in [0.05, 0.1) is 7.11 Å². The largest absolute Gasteiger partial charge is 0.504 e. The lowest BCUT2D eigenvalue weighted by Gasteiger charge is -2.23. The number of ketones is 1. The topological polar surface area (TPSA) is 119 Å². The molecule has 0 bridgehead atoms. The average molecular weight is 471 g/mol. The maximum absolute atomic E-state index is 12.3. The number of carbonyl (C=O) groups is 3. The molecule has 0 spiro atoms. The van der Waals surface area contributed by atoms with Crippen LogP contribution in [0.2, 0.25) is 0 Å². The van der Waals surface area contributed by atoms with Gasteiger partial charge in [-0.15, -0.1) is 0 Å². The van der Waals surface area contributed by atoms with E-state index in [9.17, 15) is 24.6 Å². The normalized spacial score (nSPS) is 12.0. The van der Waals surface area contributed by atoms with E-state index in [1.807, 2.05) is 13.8 Å². The van der Waals surface area contributed by atoms with Crippen LogP contribution in [0.4, 0.5) is 0 Å². The third-order valence-electron chi connectivity index (χ3n) is 4.86. The Morgan fingerprint density at radius 2 is 1.76 bits per heavy atom. The minimum Gasteiger partial charge on any atom is -0.504 e. The third-order valence-corrected chi connectivity index (χ3v) is 4.86. The molecule has 34 heavy (non-hydrogen) atoms. The lowest BCUT2D eigenvalue weighted by Crippen LogP contribution is -2.14. The van der Waals surface area contributed by atoms with Crippen molar-refractivity contribution in [1.29, 1.82) is 0 Å². The molecule has 2 rings (SSSR count). The van der Waals surface area contributed by atoms with Gasteiger partial charge in [-0.1, -0.05) is 13.8 Å². The standard InChI is InChI=1S/C26H30O8/c1-14(2)11-22(33-17(5)28)19-9-10-21(23(26(30)31)25(19)32-6)34-24-18(8-7-16(4)27)12-15(3)13-20(24)29/h7-10,12-14,22,29H,11H2,1-6H3,(H,30,31)/t22-/m1/s1. The summed E-state index contributed by atoms with van der Waals surface area (Å²) in [7, 11) is 1.32. The van der Waals surface area contributed by atoms with Gasteiger partial charge in [-0.05, 0) is 68.2 Å². The molecule has 0 aliphatic heterocycles. The second-order valence-corrected chi connectivity index (χ2v) is 8.34. The summed E-state index contributed by atoms with van der Waals surface area (Å²) >= 11 is 0. The number of allylic oxidation sites excluding steroid dienone is 1. The molecular weight excluding hydrogens is 440 g/mol. The number of carboxylic acids is 1. The highest BCUT2D eigenvalue weighted by molar-refractivity contribution is 5.95. The van der Waals surface area contributed by atoms with Crippen molar-refractivity contribution in [2.75, 3.05) is 7.11 Å². The average Bonchev–Trinajstić information content (AvgIpc) is 2.72. The second kappa shape index (κ2) is 11.4. The van der Waals surface area contributed by atoms with E-state index in [4.69, 9.17) is 14.2 Å². The number of hydrogen-bond donors (Lipinski definition) is 2. The van der Waals surface area contributed by atoms with Crippen LogP contribution >= 0.6 is 0 Å². The van der Waals surface area contributed by atoms with Crippen molar-refractivity contribution in [2.24, 2.45) is 5.92 Å². The van der Waals surface area contributed by atoms with E-state index in [0.717, 1.165) is 5.56 Å². The van der Waals surface area contributed by atoms with Crippen molar-refractivity contribution in [3.05, 3.63) is 52.6 Å². The first kappa shape index (κ1) is 26.4. The number of phenolic OH excluding ortho intramolecular Hbond substituents is 1. The van der Waals surface area contributed by atoms with Gasteiger partial charge in [0.25, 0.3) is 0 Å². The number of methoxy groups -OCH3 is 1. The molecule has 8 heteroatoms. The van der Waals surface area contributed by atoms with Gasteiger partial charge in [0, 0.05) is 18.1 Å². The molecule has 182 valence electrons. The maximum Gasteiger partial charge on any atom is 0.343 e. The van der Waals surface area contributed by atoms with E-state index in [1.165, 1.54) is 45.2 Å². The quantitative estimate of drug-likeness (QED) is 0.347. The highest BCUT2D eigenvalue weighted by atomic mass is 16.5. The molecule has 0 unspecified atom stereocenters. The Hall–Kier alpha value is -3.81. The molecule has 0 saturated heterocycles. The molecule has 0 heterocycles. The number of carbonyl (C=O) groups excluding carboxylic acids is 2. The van der Waals surface area contributed by atoms with Crippen LogP contribution in [0.15, 0.2) is 30.3 Å². The van der Waals surface area contributed by atoms with Gasteiger partial charge in [-0.25, -0.2) is 4.79 Å². The molecule has 0 amide bonds. The Kier molecular flexibility index (Phi) is 8.83. The first-order valence-electron chi connectivity index (χ1n) is 10.8. The number of rotatable bonds is 10. The van der Waals surface area contributed by atoms with Crippen LogP contribution in [-0.4, -0.2) is 35.0 Å². The second-order valence-electron chi connectivity index (χ2n) is 8.34. The fraction of sp³-hybridized carbons (Fsp3) is 0.346. The molecule has 0 saturated carbocycles. The Morgan fingerprint density at radius 1 is 1.09 bits per heavy atom. The number of aromatic hydroxyl groups is 1. The van der Waals surface area contributed by atoms with Gasteiger partial charge in [0.1, 0.15) is 23.2 Å². The van der Waals surface area contributed by atoms with Crippen LogP contribution < -0.4 is 9.47 Å². The van der Waals surface area contributed by atoms with Crippen LogP contribution in [0.5, 0.6) is 23.0 Å². The molecule has 8 nitrogen and oxygen atoms in total. The van der Waals surface area contributed by atoms with Gasteiger partial charge < -0.3 is 24.4 Å². The Morgan fingerprint density at radius 3 is 2.29 bits per heavy atom. The summed E-state index contributed by atoms with van der Waals surface area (Å²) in [6.07, 6.45) is 2.53. The summed E-state index contributed by atoms with van der Waals surface area (Å²) in [4.78, 5) is 35.4. The van der Waals surface area contributed by atoms with E-state index in [1.54, 1.807) is 19.1 Å². The number of aryl methyl sites for hydroxylation is 1. The zero-order chi connectivity index (χ0) is 25.6. The fourth-order valence-electron chi connectivity index (χ4n) is 3.54. The number of aromatic carboxylic acids is 1. The Balaban J connectivity index is 2.68. The van der Waals surface area contributed by atoms with E-state index >= 15 is 0 Å². The molecule has 0 radical (unpaired) electrons. The first-order valence-corrected chi connectivity index (χ1v) is 10.8. The van der Waals surface area contributed by atoms with Crippen LogP contribution in [0.1, 0.15) is 67.3 Å². The van der Waals surface area contributed by atoms with Crippen LogP contribution in [-0.2, 0) is 14.3 Å². The lowest BCUT2D eigenvalue weighted by molar-refractivity contribution is -0.147.